The average molecular weight is 312 g/mol. The average Bonchev–Trinajstić information content (AvgIpc) is 2.94. The van der Waals surface area contributed by atoms with E-state index >= 15 is 0 Å². The van der Waals surface area contributed by atoms with Crippen LogP contribution in [-0.4, -0.2) is 22.1 Å². The molecule has 0 saturated carbocycles. The van der Waals surface area contributed by atoms with Crippen LogP contribution in [0.25, 0.3) is 5.69 Å². The summed E-state index contributed by atoms with van der Waals surface area (Å²) in [5, 5.41) is 0. The van der Waals surface area contributed by atoms with Crippen LogP contribution < -0.4 is 0 Å². The quantitative estimate of drug-likeness (QED) is 0.810. The topological polar surface area (TPSA) is 44.1 Å². The highest BCUT2D eigenvalue weighted by Gasteiger charge is 2.35. The number of para-hydroxylation sites is 1. The number of carbonyl (C=O) groups excluding carboxylic acids is 1. The lowest BCUT2D eigenvalue weighted by Gasteiger charge is -2.18. The van der Waals surface area contributed by atoms with Crippen molar-refractivity contribution in [1.82, 2.24) is 9.55 Å². The minimum Gasteiger partial charge on any atom is -0.461 e. The van der Waals surface area contributed by atoms with Gasteiger partial charge in [0.05, 0.1) is 30.4 Å². The third-order valence-electron chi connectivity index (χ3n) is 3.17. The van der Waals surface area contributed by atoms with Crippen molar-refractivity contribution >= 4 is 5.97 Å². The number of ether oxygens (including phenoxy) is 1. The minimum absolute atomic E-state index is 0.0340. The van der Waals surface area contributed by atoms with Crippen LogP contribution in [0.3, 0.4) is 0 Å². The van der Waals surface area contributed by atoms with Crippen molar-refractivity contribution in [3.63, 3.8) is 0 Å². The molecule has 0 fully saturated rings. The third-order valence-corrected chi connectivity index (χ3v) is 3.17. The van der Waals surface area contributed by atoms with E-state index in [0.717, 1.165) is 10.6 Å². The van der Waals surface area contributed by atoms with Gasteiger partial charge in [-0.2, -0.15) is 13.2 Å². The van der Waals surface area contributed by atoms with Crippen molar-refractivity contribution in [2.75, 3.05) is 6.61 Å². The molecule has 0 radical (unpaired) electrons. The molecule has 2 rings (SSSR count). The van der Waals surface area contributed by atoms with Crippen LogP contribution in [0, 0.1) is 0 Å². The van der Waals surface area contributed by atoms with Gasteiger partial charge in [0, 0.05) is 0 Å². The number of hydrogen-bond acceptors (Lipinski definition) is 3. The predicted octanol–water partition coefficient (Wildman–Crippen LogP) is 3.63. The van der Waals surface area contributed by atoms with Gasteiger partial charge in [-0.1, -0.05) is 19.1 Å². The van der Waals surface area contributed by atoms with E-state index in [0.29, 0.717) is 12.0 Å². The molecule has 0 N–H and O–H groups in total. The number of hydrogen-bond donors (Lipinski definition) is 0. The lowest BCUT2D eigenvalue weighted by molar-refractivity contribution is -0.137. The van der Waals surface area contributed by atoms with Gasteiger partial charge in [0.25, 0.3) is 0 Å². The van der Waals surface area contributed by atoms with Crippen LogP contribution in [0.4, 0.5) is 13.2 Å². The number of aryl methyl sites for hydroxylation is 1. The monoisotopic (exact) mass is 312 g/mol. The highest BCUT2D eigenvalue weighted by Crippen LogP contribution is 2.36. The molecule has 7 heteroatoms. The van der Waals surface area contributed by atoms with E-state index < -0.39 is 17.7 Å². The maximum atomic E-state index is 13.3. The summed E-state index contributed by atoms with van der Waals surface area (Å²) in [5.41, 5.74) is -0.458. The van der Waals surface area contributed by atoms with Gasteiger partial charge < -0.3 is 4.74 Å². The van der Waals surface area contributed by atoms with Crippen LogP contribution in [0.2, 0.25) is 0 Å². The Kier molecular flexibility index (Phi) is 4.54. The summed E-state index contributed by atoms with van der Waals surface area (Å²) in [6.45, 7) is 3.51. The Morgan fingerprint density at radius 1 is 1.32 bits per heavy atom. The molecule has 1 aromatic heterocycles. The first kappa shape index (κ1) is 16.1. The maximum Gasteiger partial charge on any atom is 0.418 e. The van der Waals surface area contributed by atoms with Crippen LogP contribution >= 0.6 is 0 Å². The SMILES string of the molecule is CCOC(=O)c1cncn1-c1c(CC)cccc1C(F)(F)F. The molecule has 0 unspecified atom stereocenters. The number of halogens is 3. The molecule has 0 atom stereocenters. The Labute approximate surface area is 125 Å². The van der Waals surface area contributed by atoms with Crippen molar-refractivity contribution < 1.29 is 22.7 Å². The van der Waals surface area contributed by atoms with E-state index in [1.54, 1.807) is 19.9 Å². The van der Waals surface area contributed by atoms with Gasteiger partial charge >= 0.3 is 12.1 Å². The van der Waals surface area contributed by atoms with E-state index in [-0.39, 0.29) is 18.0 Å². The molecule has 4 nitrogen and oxygen atoms in total. The second-order valence-electron chi connectivity index (χ2n) is 4.53. The fourth-order valence-electron chi connectivity index (χ4n) is 2.22. The van der Waals surface area contributed by atoms with E-state index in [4.69, 9.17) is 4.74 Å². The summed E-state index contributed by atoms with van der Waals surface area (Å²) >= 11 is 0. The lowest BCUT2D eigenvalue weighted by Crippen LogP contribution is -2.17. The molecule has 0 aliphatic carbocycles. The summed E-state index contributed by atoms with van der Waals surface area (Å²) in [6.07, 6.45) is -1.75. The Morgan fingerprint density at radius 3 is 2.64 bits per heavy atom. The Morgan fingerprint density at radius 2 is 2.05 bits per heavy atom. The summed E-state index contributed by atoms with van der Waals surface area (Å²) in [7, 11) is 0. The summed E-state index contributed by atoms with van der Waals surface area (Å²) in [5.74, 6) is -0.709. The predicted molar refractivity (Wildman–Crippen MR) is 73.9 cm³/mol. The van der Waals surface area contributed by atoms with Gasteiger partial charge in [-0.15, -0.1) is 0 Å². The first-order valence-electron chi connectivity index (χ1n) is 6.79. The first-order chi connectivity index (χ1) is 10.4. The largest absolute Gasteiger partial charge is 0.461 e. The number of benzene rings is 1. The molecule has 0 spiro atoms. The number of esters is 1. The van der Waals surface area contributed by atoms with Gasteiger partial charge in [-0.3, -0.25) is 4.57 Å². The molecule has 0 aliphatic rings. The van der Waals surface area contributed by atoms with E-state index in [2.05, 4.69) is 4.98 Å². The molecule has 2 aromatic rings. The smallest absolute Gasteiger partial charge is 0.418 e. The number of rotatable bonds is 4. The first-order valence-corrected chi connectivity index (χ1v) is 6.79. The van der Waals surface area contributed by atoms with Crippen LogP contribution in [0.1, 0.15) is 35.5 Å². The second-order valence-corrected chi connectivity index (χ2v) is 4.53. The third kappa shape index (κ3) is 2.98. The zero-order valence-electron chi connectivity index (χ0n) is 12.1. The van der Waals surface area contributed by atoms with Gasteiger partial charge in [0.1, 0.15) is 0 Å². The van der Waals surface area contributed by atoms with Crippen molar-refractivity contribution in [3.8, 4) is 5.69 Å². The van der Waals surface area contributed by atoms with Crippen LogP contribution in [-0.2, 0) is 17.3 Å². The Balaban J connectivity index is 2.67. The number of carbonyl (C=O) groups is 1. The molecule has 0 bridgehead atoms. The zero-order chi connectivity index (χ0) is 16.3. The summed E-state index contributed by atoms with van der Waals surface area (Å²) in [6, 6.07) is 3.94. The van der Waals surface area contributed by atoms with Gasteiger partial charge in [-0.05, 0) is 25.0 Å². The van der Waals surface area contributed by atoms with E-state index in [1.165, 1.54) is 18.6 Å². The maximum absolute atomic E-state index is 13.3. The second kappa shape index (κ2) is 6.21. The molecule has 1 heterocycles. The molecular formula is C15H15F3N2O2. The number of aromatic nitrogens is 2. The highest BCUT2D eigenvalue weighted by molar-refractivity contribution is 5.88. The molecule has 0 saturated heterocycles. The Hall–Kier alpha value is -2.31. The van der Waals surface area contributed by atoms with Gasteiger partial charge in [-0.25, -0.2) is 9.78 Å². The van der Waals surface area contributed by atoms with Crippen molar-refractivity contribution in [1.29, 1.82) is 0 Å². The Bertz CT molecular complexity index is 678. The van der Waals surface area contributed by atoms with Gasteiger partial charge in [0.2, 0.25) is 0 Å². The van der Waals surface area contributed by atoms with Crippen molar-refractivity contribution in [3.05, 3.63) is 47.5 Å². The number of alkyl halides is 3. The highest BCUT2D eigenvalue weighted by atomic mass is 19.4. The molecule has 1 aromatic carbocycles. The van der Waals surface area contributed by atoms with Crippen LogP contribution in [0.15, 0.2) is 30.7 Å². The lowest BCUT2D eigenvalue weighted by atomic mass is 10.0. The summed E-state index contributed by atoms with van der Waals surface area (Å²) < 4.78 is 45.9. The van der Waals surface area contributed by atoms with Crippen molar-refractivity contribution in [2.24, 2.45) is 0 Å². The van der Waals surface area contributed by atoms with Crippen LogP contribution in [0.5, 0.6) is 0 Å². The fraction of sp³-hybridized carbons (Fsp3) is 0.333. The van der Waals surface area contributed by atoms with Gasteiger partial charge in [0.15, 0.2) is 5.69 Å². The molecule has 22 heavy (non-hydrogen) atoms. The normalized spacial score (nSPS) is 11.5. The number of nitrogens with zero attached hydrogens (tertiary/aromatic N) is 2. The summed E-state index contributed by atoms with van der Waals surface area (Å²) in [4.78, 5) is 15.7. The molecule has 0 aliphatic heterocycles. The molecule has 0 amide bonds. The zero-order valence-corrected chi connectivity index (χ0v) is 12.1. The molecular weight excluding hydrogens is 297 g/mol. The van der Waals surface area contributed by atoms with E-state index in [9.17, 15) is 18.0 Å². The minimum atomic E-state index is -4.53. The molecule has 118 valence electrons. The van der Waals surface area contributed by atoms with E-state index in [1.807, 2.05) is 0 Å². The van der Waals surface area contributed by atoms with Crippen molar-refractivity contribution in [2.45, 2.75) is 26.4 Å². The fourth-order valence-corrected chi connectivity index (χ4v) is 2.22. The number of imidazole rings is 1. The standard InChI is InChI=1S/C15H15F3N2O2/c1-3-10-6-5-7-11(15(16,17)18)13(10)20-9-19-8-12(20)14(21)22-4-2/h5-9H,3-4H2,1-2H3.